The Hall–Kier alpha value is -1.35. The van der Waals surface area contributed by atoms with Crippen LogP contribution in [0, 0.1) is 0 Å². The highest BCUT2D eigenvalue weighted by Gasteiger charge is 2.36. The maximum atomic E-state index is 11.5. The van der Waals surface area contributed by atoms with Gasteiger partial charge in [0, 0.05) is 13.0 Å². The van der Waals surface area contributed by atoms with Crippen molar-refractivity contribution in [1.29, 1.82) is 0 Å². The summed E-state index contributed by atoms with van der Waals surface area (Å²) in [6.45, 7) is 4.70. The Morgan fingerprint density at radius 3 is 2.71 bits per heavy atom. The van der Waals surface area contributed by atoms with Crippen LogP contribution in [0.3, 0.4) is 0 Å². The molecule has 1 amide bonds. The Morgan fingerprint density at radius 1 is 1.41 bits per heavy atom. The molecule has 3 nitrogen and oxygen atoms in total. The van der Waals surface area contributed by atoms with Gasteiger partial charge in [-0.25, -0.2) is 0 Å². The fraction of sp³-hybridized carbons (Fsp3) is 0.500. The van der Waals surface area contributed by atoms with E-state index in [0.29, 0.717) is 6.04 Å². The van der Waals surface area contributed by atoms with Crippen LogP contribution in [0.5, 0.6) is 0 Å². The molecule has 2 rings (SSSR count). The molecule has 1 aromatic carbocycles. The zero-order valence-corrected chi connectivity index (χ0v) is 10.5. The lowest BCUT2D eigenvalue weighted by Crippen LogP contribution is -2.54. The second-order valence-electron chi connectivity index (χ2n) is 4.94. The number of rotatable bonds is 2. The number of hydrogen-bond donors (Lipinski definition) is 2. The minimum Gasteiger partial charge on any atom is -0.347 e. The molecule has 0 aromatic heterocycles. The summed E-state index contributed by atoms with van der Waals surface area (Å²) in [4.78, 5) is 11.5. The highest BCUT2D eigenvalue weighted by atomic mass is 16.1. The minimum atomic E-state index is -0.197. The van der Waals surface area contributed by atoms with Crippen molar-refractivity contribution in [2.45, 2.75) is 38.3 Å². The van der Waals surface area contributed by atoms with E-state index in [2.05, 4.69) is 29.7 Å². The van der Waals surface area contributed by atoms with Gasteiger partial charge in [-0.05, 0) is 31.9 Å². The summed E-state index contributed by atoms with van der Waals surface area (Å²) in [5, 5.41) is 6.59. The summed E-state index contributed by atoms with van der Waals surface area (Å²) in [5.74, 6) is 0.0444. The second kappa shape index (κ2) is 4.88. The van der Waals surface area contributed by atoms with Crippen molar-refractivity contribution in [2.75, 3.05) is 6.54 Å². The van der Waals surface area contributed by atoms with E-state index >= 15 is 0 Å². The zero-order chi connectivity index (χ0) is 12.3. The van der Waals surface area contributed by atoms with Crippen LogP contribution >= 0.6 is 0 Å². The number of carbonyl (C=O) groups excluding carboxylic acids is 1. The van der Waals surface area contributed by atoms with Crippen LogP contribution in [0.25, 0.3) is 0 Å². The third-order valence-corrected chi connectivity index (χ3v) is 3.44. The van der Waals surface area contributed by atoms with Crippen molar-refractivity contribution in [3.8, 4) is 0 Å². The van der Waals surface area contributed by atoms with Gasteiger partial charge < -0.3 is 10.6 Å². The summed E-state index contributed by atoms with van der Waals surface area (Å²) in [7, 11) is 0. The molecule has 3 heteroatoms. The topological polar surface area (TPSA) is 41.1 Å². The highest BCUT2D eigenvalue weighted by molar-refractivity contribution is 5.74. The second-order valence-corrected chi connectivity index (χ2v) is 4.94. The molecule has 0 spiro atoms. The van der Waals surface area contributed by atoms with E-state index in [1.807, 2.05) is 18.2 Å². The van der Waals surface area contributed by atoms with E-state index in [4.69, 9.17) is 0 Å². The fourth-order valence-electron chi connectivity index (χ4n) is 2.77. The Kier molecular flexibility index (Phi) is 3.48. The smallest absolute Gasteiger partial charge is 0.217 e. The van der Waals surface area contributed by atoms with Crippen LogP contribution in [0.15, 0.2) is 30.3 Å². The number of piperidine rings is 1. The SMILES string of the molecule is CC(=O)NC1(c2ccccc2)CCNC(C)C1. The van der Waals surface area contributed by atoms with Crippen LogP contribution in [0.4, 0.5) is 0 Å². The predicted molar refractivity (Wildman–Crippen MR) is 68.6 cm³/mol. The summed E-state index contributed by atoms with van der Waals surface area (Å²) in [6, 6.07) is 10.7. The quantitative estimate of drug-likeness (QED) is 0.816. The van der Waals surface area contributed by atoms with Gasteiger partial charge >= 0.3 is 0 Å². The maximum Gasteiger partial charge on any atom is 0.217 e. The van der Waals surface area contributed by atoms with Gasteiger partial charge in [0.15, 0.2) is 0 Å². The molecule has 1 saturated heterocycles. The fourth-order valence-corrected chi connectivity index (χ4v) is 2.77. The van der Waals surface area contributed by atoms with Gasteiger partial charge in [0.1, 0.15) is 0 Å². The van der Waals surface area contributed by atoms with E-state index in [-0.39, 0.29) is 11.4 Å². The number of amides is 1. The van der Waals surface area contributed by atoms with Gasteiger partial charge in [-0.1, -0.05) is 30.3 Å². The molecule has 1 aliphatic rings. The van der Waals surface area contributed by atoms with Crippen LogP contribution in [-0.4, -0.2) is 18.5 Å². The summed E-state index contributed by atoms with van der Waals surface area (Å²) < 4.78 is 0. The predicted octanol–water partition coefficient (Wildman–Crippen LogP) is 1.79. The molecule has 92 valence electrons. The van der Waals surface area contributed by atoms with Crippen molar-refractivity contribution in [3.05, 3.63) is 35.9 Å². The molecule has 2 unspecified atom stereocenters. The number of benzene rings is 1. The van der Waals surface area contributed by atoms with Gasteiger partial charge in [0.25, 0.3) is 0 Å². The van der Waals surface area contributed by atoms with Crippen molar-refractivity contribution in [2.24, 2.45) is 0 Å². The van der Waals surface area contributed by atoms with Gasteiger partial charge in [-0.15, -0.1) is 0 Å². The molecule has 1 aromatic rings. The average Bonchev–Trinajstić information content (AvgIpc) is 2.29. The molecule has 0 aliphatic carbocycles. The minimum absolute atomic E-state index is 0.0444. The average molecular weight is 232 g/mol. The molecular weight excluding hydrogens is 212 g/mol. The Labute approximate surface area is 103 Å². The zero-order valence-electron chi connectivity index (χ0n) is 10.5. The van der Waals surface area contributed by atoms with Crippen molar-refractivity contribution < 1.29 is 4.79 Å². The monoisotopic (exact) mass is 232 g/mol. The van der Waals surface area contributed by atoms with E-state index in [1.165, 1.54) is 5.56 Å². The van der Waals surface area contributed by atoms with Gasteiger partial charge in [0.2, 0.25) is 5.91 Å². The first kappa shape index (κ1) is 12.1. The molecule has 17 heavy (non-hydrogen) atoms. The van der Waals surface area contributed by atoms with Gasteiger partial charge in [-0.2, -0.15) is 0 Å². The number of hydrogen-bond acceptors (Lipinski definition) is 2. The molecule has 0 bridgehead atoms. The summed E-state index contributed by atoms with van der Waals surface area (Å²) >= 11 is 0. The molecule has 0 saturated carbocycles. The molecule has 1 fully saturated rings. The lowest BCUT2D eigenvalue weighted by molar-refractivity contribution is -0.121. The largest absolute Gasteiger partial charge is 0.347 e. The molecular formula is C14H20N2O. The Balaban J connectivity index is 2.32. The van der Waals surface area contributed by atoms with Crippen LogP contribution < -0.4 is 10.6 Å². The number of carbonyl (C=O) groups is 1. The third-order valence-electron chi connectivity index (χ3n) is 3.44. The van der Waals surface area contributed by atoms with Crippen molar-refractivity contribution in [1.82, 2.24) is 10.6 Å². The molecule has 2 N–H and O–H groups in total. The summed E-state index contributed by atoms with van der Waals surface area (Å²) in [6.07, 6.45) is 1.89. The van der Waals surface area contributed by atoms with E-state index < -0.39 is 0 Å². The van der Waals surface area contributed by atoms with E-state index in [0.717, 1.165) is 19.4 Å². The number of nitrogens with one attached hydrogen (secondary N) is 2. The van der Waals surface area contributed by atoms with Crippen molar-refractivity contribution in [3.63, 3.8) is 0 Å². The first-order valence-electron chi connectivity index (χ1n) is 6.20. The van der Waals surface area contributed by atoms with Gasteiger partial charge in [0.05, 0.1) is 5.54 Å². The van der Waals surface area contributed by atoms with Gasteiger partial charge in [-0.3, -0.25) is 4.79 Å². The van der Waals surface area contributed by atoms with Crippen molar-refractivity contribution >= 4 is 5.91 Å². The van der Waals surface area contributed by atoms with E-state index in [1.54, 1.807) is 6.92 Å². The van der Waals surface area contributed by atoms with Crippen LogP contribution in [0.2, 0.25) is 0 Å². The maximum absolute atomic E-state index is 11.5. The third kappa shape index (κ3) is 2.67. The van der Waals surface area contributed by atoms with E-state index in [9.17, 15) is 4.79 Å². The molecule has 1 heterocycles. The Morgan fingerprint density at radius 2 is 2.12 bits per heavy atom. The molecule has 2 atom stereocenters. The summed E-state index contributed by atoms with van der Waals surface area (Å²) in [5.41, 5.74) is 1.01. The van der Waals surface area contributed by atoms with Crippen LogP contribution in [-0.2, 0) is 10.3 Å². The molecule has 1 aliphatic heterocycles. The van der Waals surface area contributed by atoms with Crippen LogP contribution in [0.1, 0.15) is 32.3 Å². The lowest BCUT2D eigenvalue weighted by atomic mass is 9.79. The first-order chi connectivity index (χ1) is 8.12. The normalized spacial score (nSPS) is 28.7. The molecule has 0 radical (unpaired) electrons. The highest BCUT2D eigenvalue weighted by Crippen LogP contribution is 2.32. The standard InChI is InChI=1S/C14H20N2O/c1-11-10-14(8-9-15-11,16-12(2)17)13-6-4-3-5-7-13/h3-7,11,15H,8-10H2,1-2H3,(H,16,17). The lowest BCUT2D eigenvalue weighted by Gasteiger charge is -2.41. The Bertz CT molecular complexity index is 390. The first-order valence-corrected chi connectivity index (χ1v) is 6.20.